The van der Waals surface area contributed by atoms with Gasteiger partial charge in [0.05, 0.1) is 33.1 Å². The van der Waals surface area contributed by atoms with Crippen molar-refractivity contribution in [1.29, 1.82) is 0 Å². The Hall–Kier alpha value is -7.17. The minimum atomic E-state index is 0.0850. The van der Waals surface area contributed by atoms with Crippen LogP contribution in [0.5, 0.6) is 0 Å². The molecule has 320 valence electrons. The van der Waals surface area contributed by atoms with Gasteiger partial charge in [0.15, 0.2) is 5.43 Å². The number of fused-ring (bicyclic) bond motifs is 8. The van der Waals surface area contributed by atoms with E-state index in [2.05, 4.69) is 203 Å². The highest BCUT2D eigenvalue weighted by molar-refractivity contribution is 6.10. The molecule has 0 atom stereocenters. The van der Waals surface area contributed by atoms with Crippen LogP contribution in [0.3, 0.4) is 0 Å². The number of aryl methyl sites for hydroxylation is 1. The van der Waals surface area contributed by atoms with E-state index < -0.39 is 0 Å². The number of benzene rings is 8. The van der Waals surface area contributed by atoms with Gasteiger partial charge in [-0.3, -0.25) is 4.79 Å². The van der Waals surface area contributed by atoms with Crippen molar-refractivity contribution in [2.24, 2.45) is 0 Å². The first-order valence-corrected chi connectivity index (χ1v) is 23.9. The van der Waals surface area contributed by atoms with Crippen LogP contribution in [0.2, 0.25) is 0 Å². The highest BCUT2D eigenvalue weighted by Gasteiger charge is 2.16. The highest BCUT2D eigenvalue weighted by Crippen LogP contribution is 2.36. The lowest BCUT2D eigenvalue weighted by atomic mass is 9.98. The second-order valence-electron chi connectivity index (χ2n) is 18.0. The molecule has 0 saturated carbocycles. The molecule has 3 aromatic heterocycles. The van der Waals surface area contributed by atoms with Gasteiger partial charge < -0.3 is 13.7 Å². The van der Waals surface area contributed by atoms with E-state index in [-0.39, 0.29) is 5.43 Å². The van der Waals surface area contributed by atoms with E-state index in [9.17, 15) is 4.79 Å². The first-order chi connectivity index (χ1) is 32.2. The number of aromatic nitrogens is 3. The zero-order valence-corrected chi connectivity index (χ0v) is 37.3. The normalized spacial score (nSPS) is 11.9. The predicted molar refractivity (Wildman–Crippen MR) is 277 cm³/mol. The van der Waals surface area contributed by atoms with E-state index in [1.54, 1.807) is 0 Å². The predicted octanol–water partition coefficient (Wildman–Crippen LogP) is 16.6. The lowest BCUT2D eigenvalue weighted by Crippen LogP contribution is -2.12. The Kier molecular flexibility index (Phi) is 11.1. The zero-order chi connectivity index (χ0) is 43.7. The minimum absolute atomic E-state index is 0.0850. The first-order valence-electron chi connectivity index (χ1n) is 23.9. The summed E-state index contributed by atoms with van der Waals surface area (Å²) in [5.74, 6) is 0. The maximum atomic E-state index is 14.8. The van der Waals surface area contributed by atoms with E-state index in [0.29, 0.717) is 0 Å². The maximum Gasteiger partial charge on any atom is 0.197 e. The topological polar surface area (TPSA) is 31.9 Å². The molecule has 0 fully saturated rings. The molecule has 0 aliphatic rings. The van der Waals surface area contributed by atoms with Crippen molar-refractivity contribution >= 4 is 65.4 Å². The van der Waals surface area contributed by atoms with Crippen molar-refractivity contribution < 1.29 is 0 Å². The molecule has 0 aliphatic carbocycles. The molecular formula is C61H55N3O. The number of pyridine rings is 1. The summed E-state index contributed by atoms with van der Waals surface area (Å²) in [5.41, 5.74) is 13.4. The summed E-state index contributed by atoms with van der Waals surface area (Å²) in [6.45, 7) is 3.16. The van der Waals surface area contributed by atoms with Crippen LogP contribution in [0.25, 0.3) is 99.0 Å². The molecule has 3 heterocycles. The lowest BCUT2D eigenvalue weighted by molar-refractivity contribution is 0.541. The van der Waals surface area contributed by atoms with Crippen LogP contribution in [-0.4, -0.2) is 13.7 Å². The summed E-state index contributed by atoms with van der Waals surface area (Å²) in [5, 5.41) is 6.55. The molecule has 4 heteroatoms. The molecule has 11 rings (SSSR count). The number of rotatable bonds is 15. The Bertz CT molecular complexity index is 3220. The van der Waals surface area contributed by atoms with Gasteiger partial charge in [-0.25, -0.2) is 0 Å². The van der Waals surface area contributed by atoms with Gasteiger partial charge in [-0.1, -0.05) is 174 Å². The van der Waals surface area contributed by atoms with Crippen molar-refractivity contribution in [3.8, 4) is 33.6 Å². The maximum absolute atomic E-state index is 14.8. The van der Waals surface area contributed by atoms with E-state index in [0.717, 1.165) is 68.4 Å². The third kappa shape index (κ3) is 7.51. The molecule has 11 aromatic rings. The molecular weight excluding hydrogens is 791 g/mol. The van der Waals surface area contributed by atoms with Gasteiger partial charge in [0, 0.05) is 50.2 Å². The Balaban J connectivity index is 0.940. The fraction of sp³-hybridized carbons (Fsp3) is 0.197. The van der Waals surface area contributed by atoms with Crippen LogP contribution in [0.15, 0.2) is 187 Å². The summed E-state index contributed by atoms with van der Waals surface area (Å²) < 4.78 is 7.12. The SMILES string of the molecule is CCCCCCCCCCCCn1c2ccc(-c3ccc(-n4c5ccccc5c5ccccc54)cc3)cc2c(=O)c2cc(-c3ccc(-n4c5ccccc5c5ccccc54)cc3)ccc21. The second-order valence-corrected chi connectivity index (χ2v) is 18.0. The lowest BCUT2D eigenvalue weighted by Gasteiger charge is -2.17. The van der Waals surface area contributed by atoms with Crippen molar-refractivity contribution in [3.63, 3.8) is 0 Å². The number of hydrogen-bond acceptors (Lipinski definition) is 1. The molecule has 0 radical (unpaired) electrons. The van der Waals surface area contributed by atoms with Crippen molar-refractivity contribution in [2.75, 3.05) is 0 Å². The Morgan fingerprint density at radius 3 is 1.05 bits per heavy atom. The standard InChI is InChI=1S/C61H55N3O/c1-2-3-4-5-6-7-8-9-10-19-40-62-55-38-32-45(43-28-34-47(35-29-43)63-57-24-15-11-20-49(57)50-21-12-16-25-58(50)63)41-53(55)61(65)54-42-46(33-39-56(54)62)44-30-36-48(37-31-44)64-59-26-17-13-22-51(59)52-23-14-18-27-60(52)64/h11-18,20-39,41-42H,2-10,19,40H2,1H3. The van der Waals surface area contributed by atoms with Gasteiger partial charge >= 0.3 is 0 Å². The van der Waals surface area contributed by atoms with Crippen LogP contribution in [-0.2, 0) is 6.54 Å². The van der Waals surface area contributed by atoms with Gasteiger partial charge in [-0.05, 0) is 101 Å². The van der Waals surface area contributed by atoms with E-state index in [4.69, 9.17) is 0 Å². The third-order valence-corrected chi connectivity index (χ3v) is 13.9. The summed E-state index contributed by atoms with van der Waals surface area (Å²) >= 11 is 0. The summed E-state index contributed by atoms with van der Waals surface area (Å²) in [6, 6.07) is 65.2. The van der Waals surface area contributed by atoms with E-state index >= 15 is 0 Å². The molecule has 0 bridgehead atoms. The van der Waals surface area contributed by atoms with Crippen LogP contribution in [0.1, 0.15) is 71.1 Å². The summed E-state index contributed by atoms with van der Waals surface area (Å²) in [6.07, 6.45) is 12.9. The molecule has 0 unspecified atom stereocenters. The van der Waals surface area contributed by atoms with Gasteiger partial charge in [0.2, 0.25) is 0 Å². The molecule has 0 aliphatic heterocycles. The number of unbranched alkanes of at least 4 members (excludes halogenated alkanes) is 9. The number of nitrogens with zero attached hydrogens (tertiary/aromatic N) is 3. The van der Waals surface area contributed by atoms with Gasteiger partial charge in [0.1, 0.15) is 0 Å². The minimum Gasteiger partial charge on any atom is -0.340 e. The second kappa shape index (κ2) is 17.8. The molecule has 0 N–H and O–H groups in total. The molecule has 4 nitrogen and oxygen atoms in total. The summed E-state index contributed by atoms with van der Waals surface area (Å²) in [4.78, 5) is 14.8. The third-order valence-electron chi connectivity index (χ3n) is 13.9. The van der Waals surface area contributed by atoms with Crippen molar-refractivity contribution in [2.45, 2.75) is 77.7 Å². The summed E-state index contributed by atoms with van der Waals surface area (Å²) in [7, 11) is 0. The van der Waals surface area contributed by atoms with Crippen LogP contribution in [0.4, 0.5) is 0 Å². The molecule has 0 amide bonds. The molecule has 65 heavy (non-hydrogen) atoms. The molecule has 0 spiro atoms. The Labute approximate surface area is 381 Å². The van der Waals surface area contributed by atoms with Crippen molar-refractivity contribution in [3.05, 3.63) is 192 Å². The molecule has 8 aromatic carbocycles. The van der Waals surface area contributed by atoms with Crippen molar-refractivity contribution in [1.82, 2.24) is 13.7 Å². The van der Waals surface area contributed by atoms with Gasteiger partial charge in [-0.15, -0.1) is 0 Å². The largest absolute Gasteiger partial charge is 0.340 e. The quantitative estimate of drug-likeness (QED) is 0.0747. The zero-order valence-electron chi connectivity index (χ0n) is 37.3. The Morgan fingerprint density at radius 2 is 0.662 bits per heavy atom. The van der Waals surface area contributed by atoms with E-state index in [1.807, 2.05) is 0 Å². The molecule has 0 saturated heterocycles. The fourth-order valence-electron chi connectivity index (χ4n) is 10.5. The number of hydrogen-bond donors (Lipinski definition) is 0. The fourth-order valence-corrected chi connectivity index (χ4v) is 10.5. The number of para-hydroxylation sites is 4. The highest BCUT2D eigenvalue weighted by atomic mass is 16.1. The van der Waals surface area contributed by atoms with Gasteiger partial charge in [0.25, 0.3) is 0 Å². The average molecular weight is 846 g/mol. The monoisotopic (exact) mass is 845 g/mol. The van der Waals surface area contributed by atoms with E-state index in [1.165, 1.54) is 101 Å². The Morgan fingerprint density at radius 1 is 0.323 bits per heavy atom. The smallest absolute Gasteiger partial charge is 0.197 e. The van der Waals surface area contributed by atoms with Crippen LogP contribution < -0.4 is 5.43 Å². The first kappa shape index (κ1) is 40.6. The van der Waals surface area contributed by atoms with Crippen LogP contribution >= 0.6 is 0 Å². The average Bonchev–Trinajstić information content (AvgIpc) is 3.88. The van der Waals surface area contributed by atoms with Crippen LogP contribution in [0, 0.1) is 0 Å². The van der Waals surface area contributed by atoms with Gasteiger partial charge in [-0.2, -0.15) is 0 Å².